The third kappa shape index (κ3) is 8.44. The van der Waals surface area contributed by atoms with E-state index in [2.05, 4.69) is 25.3 Å². The topological polar surface area (TPSA) is 211 Å². The smallest absolute Gasteiger partial charge is 0.415 e. The SMILES string of the molecule is Cc1nc(N)c2nc(CN(C(=O)OC3C=CCCCCC3)c3ccc(C(=O)N[C@@H](CCC(=O)O)C(=O)O)cc3)cnc2n1. The summed E-state index contributed by atoms with van der Waals surface area (Å²) in [5, 5.41) is 20.6. The number of anilines is 2. The number of aliphatic carboxylic acids is 2. The number of nitrogens with zero attached hydrogens (tertiary/aromatic N) is 5. The quantitative estimate of drug-likeness (QED) is 0.250. The molecular formula is C29H33N7O7. The summed E-state index contributed by atoms with van der Waals surface area (Å²) in [5.74, 6) is -2.62. The molecule has 2 heterocycles. The van der Waals surface area contributed by atoms with Crippen molar-refractivity contribution in [2.45, 2.75) is 70.6 Å². The number of allylic oxidation sites excluding steroid dienone is 1. The summed E-state index contributed by atoms with van der Waals surface area (Å²) in [7, 11) is 0. The molecule has 0 fully saturated rings. The number of carboxylic acid groups (broad SMARTS) is 2. The maximum Gasteiger partial charge on any atom is 0.415 e. The second kappa shape index (κ2) is 14.2. The fourth-order valence-electron chi connectivity index (χ4n) is 4.56. The first-order valence-corrected chi connectivity index (χ1v) is 13.9. The molecule has 2 amide bonds. The summed E-state index contributed by atoms with van der Waals surface area (Å²) < 4.78 is 5.86. The van der Waals surface area contributed by atoms with E-state index in [4.69, 9.17) is 15.6 Å². The Labute approximate surface area is 247 Å². The standard InChI is InChI=1S/C29H33N7O7/c1-17-32-25(30)24-26(33-17)31-15-19(34-24)16-36(29(42)43-21-7-5-3-2-4-6-8-21)20-11-9-18(10-12-20)27(39)35-22(28(40)41)13-14-23(37)38/h5,7,9-12,15,21-22H,2-4,6,8,13-14,16H2,1H3,(H,35,39)(H,37,38)(H,40,41)(H2,30,31,32,33)/t21?,22-/m0/s1. The van der Waals surface area contributed by atoms with Gasteiger partial charge in [0.15, 0.2) is 17.0 Å². The van der Waals surface area contributed by atoms with Crippen LogP contribution in [0.2, 0.25) is 0 Å². The third-order valence-electron chi connectivity index (χ3n) is 6.79. The molecule has 1 unspecified atom stereocenters. The van der Waals surface area contributed by atoms with Crippen LogP contribution in [0, 0.1) is 6.92 Å². The first kappa shape index (κ1) is 30.8. The van der Waals surface area contributed by atoms with E-state index in [0.717, 1.165) is 25.7 Å². The number of carbonyl (C=O) groups is 4. The Morgan fingerprint density at radius 3 is 2.58 bits per heavy atom. The molecule has 0 saturated heterocycles. The van der Waals surface area contributed by atoms with Crippen LogP contribution in [0.3, 0.4) is 0 Å². The molecule has 1 aliphatic carbocycles. The first-order valence-electron chi connectivity index (χ1n) is 13.9. The number of nitrogens with one attached hydrogen (secondary N) is 1. The van der Waals surface area contributed by atoms with Gasteiger partial charge in [-0.05, 0) is 69.4 Å². The predicted molar refractivity (Wildman–Crippen MR) is 155 cm³/mol. The van der Waals surface area contributed by atoms with Gasteiger partial charge in [-0.15, -0.1) is 0 Å². The van der Waals surface area contributed by atoms with Crippen molar-refractivity contribution in [2.24, 2.45) is 0 Å². The van der Waals surface area contributed by atoms with Gasteiger partial charge in [-0.1, -0.05) is 12.5 Å². The second-order valence-electron chi connectivity index (χ2n) is 10.1. The number of nitrogens with two attached hydrogens (primary N) is 1. The molecule has 0 spiro atoms. The fourth-order valence-corrected chi connectivity index (χ4v) is 4.56. The highest BCUT2D eigenvalue weighted by atomic mass is 16.6. The monoisotopic (exact) mass is 591 g/mol. The van der Waals surface area contributed by atoms with Crippen molar-refractivity contribution in [3.8, 4) is 0 Å². The van der Waals surface area contributed by atoms with Crippen molar-refractivity contribution in [3.05, 3.63) is 59.7 Å². The van der Waals surface area contributed by atoms with Crippen molar-refractivity contribution in [1.29, 1.82) is 0 Å². The maximum absolute atomic E-state index is 13.5. The molecule has 0 bridgehead atoms. The number of ether oxygens (including phenoxy) is 1. The number of fused-ring (bicyclic) bond motifs is 1. The molecule has 0 radical (unpaired) electrons. The largest absolute Gasteiger partial charge is 0.481 e. The number of aryl methyl sites for hydroxylation is 1. The molecule has 14 heteroatoms. The van der Waals surface area contributed by atoms with Gasteiger partial charge in [0.2, 0.25) is 0 Å². The summed E-state index contributed by atoms with van der Waals surface area (Å²) in [6.45, 7) is 1.64. The molecule has 2 atom stereocenters. The van der Waals surface area contributed by atoms with E-state index in [9.17, 15) is 24.3 Å². The van der Waals surface area contributed by atoms with E-state index in [1.165, 1.54) is 35.4 Å². The minimum Gasteiger partial charge on any atom is -0.481 e. The molecule has 14 nitrogen and oxygen atoms in total. The van der Waals surface area contributed by atoms with Gasteiger partial charge in [0.25, 0.3) is 5.91 Å². The van der Waals surface area contributed by atoms with E-state index in [1.54, 1.807) is 6.92 Å². The zero-order valence-electron chi connectivity index (χ0n) is 23.6. The van der Waals surface area contributed by atoms with Crippen LogP contribution in [0.15, 0.2) is 42.6 Å². The third-order valence-corrected chi connectivity index (χ3v) is 6.79. The molecule has 3 aromatic rings. The van der Waals surface area contributed by atoms with Crippen LogP contribution >= 0.6 is 0 Å². The highest BCUT2D eigenvalue weighted by molar-refractivity contribution is 5.97. The van der Waals surface area contributed by atoms with E-state index >= 15 is 0 Å². The molecule has 2 aromatic heterocycles. The summed E-state index contributed by atoms with van der Waals surface area (Å²) in [5.41, 5.74) is 7.54. The van der Waals surface area contributed by atoms with Gasteiger partial charge < -0.3 is 26.0 Å². The lowest BCUT2D eigenvalue weighted by molar-refractivity contribution is -0.140. The number of carbonyl (C=O) groups excluding carboxylic acids is 2. The molecule has 0 aliphatic heterocycles. The van der Waals surface area contributed by atoms with Crippen LogP contribution in [0.1, 0.15) is 66.8 Å². The van der Waals surface area contributed by atoms with E-state index in [-0.39, 0.29) is 24.3 Å². The van der Waals surface area contributed by atoms with Crippen molar-refractivity contribution in [1.82, 2.24) is 25.3 Å². The molecule has 0 saturated carbocycles. The lowest BCUT2D eigenvalue weighted by Crippen LogP contribution is -2.41. The van der Waals surface area contributed by atoms with Gasteiger partial charge in [-0.2, -0.15) is 0 Å². The molecule has 226 valence electrons. The summed E-state index contributed by atoms with van der Waals surface area (Å²) in [6, 6.07) is 4.52. The first-order chi connectivity index (χ1) is 20.6. The average molecular weight is 592 g/mol. The Bertz CT molecular complexity index is 1530. The predicted octanol–water partition coefficient (Wildman–Crippen LogP) is 3.39. The van der Waals surface area contributed by atoms with Crippen LogP contribution in [0.4, 0.5) is 16.3 Å². The number of carboxylic acids is 2. The molecule has 43 heavy (non-hydrogen) atoms. The Kier molecular flexibility index (Phi) is 10.1. The summed E-state index contributed by atoms with van der Waals surface area (Å²) in [4.78, 5) is 67.2. The van der Waals surface area contributed by atoms with Gasteiger partial charge in [-0.3, -0.25) is 14.5 Å². The zero-order valence-corrected chi connectivity index (χ0v) is 23.6. The van der Waals surface area contributed by atoms with Crippen LogP contribution < -0.4 is 16.0 Å². The Morgan fingerprint density at radius 2 is 1.86 bits per heavy atom. The Hall–Kier alpha value is -5.14. The number of rotatable bonds is 10. The zero-order chi connectivity index (χ0) is 30.9. The van der Waals surface area contributed by atoms with Gasteiger partial charge in [-0.25, -0.2) is 29.5 Å². The maximum atomic E-state index is 13.5. The van der Waals surface area contributed by atoms with E-state index in [1.807, 2.05) is 12.2 Å². The normalized spacial score (nSPS) is 15.6. The number of amides is 2. The average Bonchev–Trinajstić information content (AvgIpc) is 2.95. The minimum absolute atomic E-state index is 0.0483. The van der Waals surface area contributed by atoms with Gasteiger partial charge in [0.05, 0.1) is 18.4 Å². The van der Waals surface area contributed by atoms with Crippen LogP contribution in [0.25, 0.3) is 11.2 Å². The van der Waals surface area contributed by atoms with Gasteiger partial charge in [0, 0.05) is 17.7 Å². The number of hydrogen-bond acceptors (Lipinski definition) is 10. The number of aromatic nitrogens is 4. The van der Waals surface area contributed by atoms with Crippen molar-refractivity contribution in [3.63, 3.8) is 0 Å². The number of hydrogen-bond donors (Lipinski definition) is 4. The molecule has 4 rings (SSSR count). The van der Waals surface area contributed by atoms with Gasteiger partial charge >= 0.3 is 18.0 Å². The molecular weight excluding hydrogens is 558 g/mol. The molecule has 1 aromatic carbocycles. The van der Waals surface area contributed by atoms with Crippen molar-refractivity contribution in [2.75, 3.05) is 10.6 Å². The van der Waals surface area contributed by atoms with Crippen LogP contribution in [0.5, 0.6) is 0 Å². The number of nitrogen functional groups attached to an aromatic ring is 1. The van der Waals surface area contributed by atoms with Crippen molar-refractivity contribution >= 4 is 46.6 Å². The molecule has 5 N–H and O–H groups in total. The second-order valence-corrected chi connectivity index (χ2v) is 10.1. The van der Waals surface area contributed by atoms with Crippen LogP contribution in [-0.2, 0) is 20.9 Å². The minimum atomic E-state index is -1.38. The molecule has 1 aliphatic rings. The van der Waals surface area contributed by atoms with Crippen molar-refractivity contribution < 1.29 is 34.1 Å². The number of benzene rings is 1. The summed E-state index contributed by atoms with van der Waals surface area (Å²) >= 11 is 0. The Balaban J connectivity index is 1.58. The lowest BCUT2D eigenvalue weighted by Gasteiger charge is -2.25. The highest BCUT2D eigenvalue weighted by Gasteiger charge is 2.25. The van der Waals surface area contributed by atoms with Gasteiger partial charge in [0.1, 0.15) is 18.0 Å². The van der Waals surface area contributed by atoms with E-state index < -0.39 is 42.5 Å². The highest BCUT2D eigenvalue weighted by Crippen LogP contribution is 2.23. The van der Waals surface area contributed by atoms with E-state index in [0.29, 0.717) is 34.8 Å². The van der Waals surface area contributed by atoms with Crippen LogP contribution in [-0.4, -0.2) is 66.2 Å². The lowest BCUT2D eigenvalue weighted by atomic mass is 10.0. The Morgan fingerprint density at radius 1 is 1.09 bits per heavy atom. The fraction of sp³-hybridized carbons (Fsp3) is 0.379. The summed E-state index contributed by atoms with van der Waals surface area (Å²) in [6.07, 6.45) is 8.29.